The summed E-state index contributed by atoms with van der Waals surface area (Å²) in [6.07, 6.45) is 7.26. The standard InChI is InChI=1S/C26H28N4O2/c1-32-21-6-4-5-17(12-21)16-30(26-13-18-9-19(14-26)11-20(10-18)15-26)25(31)24-27-22-7-2-3-8-23(22)28-29-24/h2-8,12,18-20H,9-11,13-16H2,1H3. The van der Waals surface area contributed by atoms with E-state index in [1.54, 1.807) is 7.11 Å². The van der Waals surface area contributed by atoms with Crippen LogP contribution in [0.4, 0.5) is 0 Å². The quantitative estimate of drug-likeness (QED) is 0.592. The van der Waals surface area contributed by atoms with Gasteiger partial charge in [0, 0.05) is 12.1 Å². The maximum atomic E-state index is 14.0. The summed E-state index contributed by atoms with van der Waals surface area (Å²) in [5, 5.41) is 8.54. The van der Waals surface area contributed by atoms with Crippen molar-refractivity contribution in [3.63, 3.8) is 0 Å². The van der Waals surface area contributed by atoms with Gasteiger partial charge in [0.15, 0.2) is 0 Å². The van der Waals surface area contributed by atoms with Crippen molar-refractivity contribution in [1.82, 2.24) is 20.1 Å². The summed E-state index contributed by atoms with van der Waals surface area (Å²) < 4.78 is 5.44. The molecule has 4 aliphatic carbocycles. The van der Waals surface area contributed by atoms with Crippen molar-refractivity contribution in [1.29, 1.82) is 0 Å². The number of hydrogen-bond acceptors (Lipinski definition) is 5. The van der Waals surface area contributed by atoms with Crippen molar-refractivity contribution in [3.8, 4) is 5.75 Å². The first-order valence-electron chi connectivity index (χ1n) is 11.7. The highest BCUT2D eigenvalue weighted by atomic mass is 16.5. The molecule has 0 unspecified atom stereocenters. The van der Waals surface area contributed by atoms with Gasteiger partial charge in [-0.15, -0.1) is 10.2 Å². The van der Waals surface area contributed by atoms with Crippen LogP contribution >= 0.6 is 0 Å². The second-order valence-electron chi connectivity index (χ2n) is 10.0. The normalized spacial score (nSPS) is 28.1. The topological polar surface area (TPSA) is 68.2 Å². The van der Waals surface area contributed by atoms with E-state index in [2.05, 4.69) is 26.1 Å². The molecule has 4 fully saturated rings. The van der Waals surface area contributed by atoms with E-state index in [1.165, 1.54) is 19.3 Å². The zero-order chi connectivity index (χ0) is 21.7. The number of methoxy groups -OCH3 is 1. The largest absolute Gasteiger partial charge is 0.497 e. The van der Waals surface area contributed by atoms with Crippen LogP contribution in [-0.2, 0) is 6.54 Å². The lowest BCUT2D eigenvalue weighted by molar-refractivity contribution is -0.0779. The number of rotatable bonds is 5. The van der Waals surface area contributed by atoms with Crippen LogP contribution in [0.15, 0.2) is 48.5 Å². The molecule has 164 valence electrons. The minimum atomic E-state index is -0.107. The highest BCUT2D eigenvalue weighted by Crippen LogP contribution is 2.58. The van der Waals surface area contributed by atoms with E-state index in [-0.39, 0.29) is 17.3 Å². The SMILES string of the molecule is COc1cccc(CN(C(=O)c2nnc3ccccc3n2)C23CC4CC(CC(C4)C2)C3)c1. The molecule has 4 bridgehead atoms. The molecule has 6 nitrogen and oxygen atoms in total. The van der Waals surface area contributed by atoms with Crippen molar-refractivity contribution < 1.29 is 9.53 Å². The lowest BCUT2D eigenvalue weighted by Crippen LogP contribution is -2.61. The summed E-state index contributed by atoms with van der Waals surface area (Å²) in [5.74, 6) is 3.10. The molecule has 7 rings (SSSR count). The fraction of sp³-hybridized carbons (Fsp3) is 0.462. The molecular weight excluding hydrogens is 400 g/mol. The second-order valence-corrected chi connectivity index (χ2v) is 10.0. The predicted molar refractivity (Wildman–Crippen MR) is 121 cm³/mol. The molecule has 1 aromatic heterocycles. The van der Waals surface area contributed by atoms with Crippen molar-refractivity contribution in [2.75, 3.05) is 7.11 Å². The Morgan fingerprint density at radius 1 is 0.969 bits per heavy atom. The van der Waals surface area contributed by atoms with Crippen molar-refractivity contribution >= 4 is 16.9 Å². The molecule has 2 aromatic carbocycles. The minimum Gasteiger partial charge on any atom is -0.497 e. The van der Waals surface area contributed by atoms with Crippen LogP contribution in [-0.4, -0.2) is 38.6 Å². The average molecular weight is 429 g/mol. The monoisotopic (exact) mass is 428 g/mol. The van der Waals surface area contributed by atoms with E-state index < -0.39 is 0 Å². The Bertz CT molecular complexity index is 1140. The van der Waals surface area contributed by atoms with Gasteiger partial charge >= 0.3 is 0 Å². The molecule has 4 saturated carbocycles. The Balaban J connectivity index is 1.40. The van der Waals surface area contributed by atoms with Gasteiger partial charge in [0.1, 0.15) is 11.3 Å². The lowest BCUT2D eigenvalue weighted by Gasteiger charge is -2.60. The van der Waals surface area contributed by atoms with Crippen molar-refractivity contribution in [2.45, 2.75) is 50.6 Å². The van der Waals surface area contributed by atoms with E-state index >= 15 is 0 Å². The van der Waals surface area contributed by atoms with Gasteiger partial charge in [-0.2, -0.15) is 0 Å². The third-order valence-electron chi connectivity index (χ3n) is 7.85. The summed E-state index contributed by atoms with van der Waals surface area (Å²) in [7, 11) is 1.68. The van der Waals surface area contributed by atoms with Crippen LogP contribution in [0.5, 0.6) is 5.75 Å². The molecule has 0 aliphatic heterocycles. The second kappa shape index (κ2) is 7.54. The first-order chi connectivity index (χ1) is 15.6. The molecule has 1 heterocycles. The molecule has 0 atom stereocenters. The van der Waals surface area contributed by atoms with Gasteiger partial charge in [-0.25, -0.2) is 4.98 Å². The highest BCUT2D eigenvalue weighted by molar-refractivity contribution is 5.92. The number of nitrogens with zero attached hydrogens (tertiary/aromatic N) is 4. The molecule has 0 N–H and O–H groups in total. The smallest absolute Gasteiger partial charge is 0.294 e. The maximum absolute atomic E-state index is 14.0. The first kappa shape index (κ1) is 19.6. The van der Waals surface area contributed by atoms with Gasteiger partial charge in [-0.05, 0) is 86.1 Å². The molecule has 0 spiro atoms. The summed E-state index contributed by atoms with van der Waals surface area (Å²) >= 11 is 0. The third kappa shape index (κ3) is 3.33. The highest BCUT2D eigenvalue weighted by Gasteiger charge is 2.55. The average Bonchev–Trinajstić information content (AvgIpc) is 2.81. The number of ether oxygens (including phenoxy) is 1. The molecule has 0 radical (unpaired) electrons. The van der Waals surface area contributed by atoms with E-state index in [4.69, 9.17) is 4.74 Å². The van der Waals surface area contributed by atoms with Crippen LogP contribution in [0.3, 0.4) is 0 Å². The Kier molecular flexibility index (Phi) is 4.63. The van der Waals surface area contributed by atoms with E-state index in [0.717, 1.165) is 48.3 Å². The van der Waals surface area contributed by atoms with Crippen LogP contribution in [0.2, 0.25) is 0 Å². The Labute approximate surface area is 188 Å². The van der Waals surface area contributed by atoms with Gasteiger partial charge in [0.05, 0.1) is 12.6 Å². The lowest BCUT2D eigenvalue weighted by atomic mass is 9.52. The number of para-hydroxylation sites is 1. The molecule has 4 aliphatic rings. The fourth-order valence-corrected chi connectivity index (χ4v) is 6.90. The Morgan fingerprint density at radius 2 is 1.66 bits per heavy atom. The number of aromatic nitrogens is 3. The number of fused-ring (bicyclic) bond motifs is 1. The molecule has 6 heteroatoms. The summed E-state index contributed by atoms with van der Waals surface area (Å²) in [4.78, 5) is 20.7. The van der Waals surface area contributed by atoms with Crippen LogP contribution in [0, 0.1) is 17.8 Å². The third-order valence-corrected chi connectivity index (χ3v) is 7.85. The molecule has 32 heavy (non-hydrogen) atoms. The first-order valence-corrected chi connectivity index (χ1v) is 11.7. The number of carbonyl (C=O) groups excluding carboxylic acids is 1. The van der Waals surface area contributed by atoms with E-state index in [1.807, 2.05) is 42.5 Å². The number of amides is 1. The maximum Gasteiger partial charge on any atom is 0.294 e. The van der Waals surface area contributed by atoms with Gasteiger partial charge in [0.25, 0.3) is 5.91 Å². The summed E-state index contributed by atoms with van der Waals surface area (Å²) in [6, 6.07) is 15.6. The predicted octanol–water partition coefficient (Wildman–Crippen LogP) is 4.64. The van der Waals surface area contributed by atoms with Crippen LogP contribution < -0.4 is 4.74 Å². The van der Waals surface area contributed by atoms with Crippen LogP contribution in [0.1, 0.15) is 54.7 Å². The fourth-order valence-electron chi connectivity index (χ4n) is 6.90. The number of hydrogen-bond donors (Lipinski definition) is 0. The van der Waals surface area contributed by atoms with Gasteiger partial charge < -0.3 is 9.64 Å². The molecular formula is C26H28N4O2. The molecule has 0 saturated heterocycles. The minimum absolute atomic E-state index is 0.104. The molecule has 1 amide bonds. The Morgan fingerprint density at radius 3 is 2.34 bits per heavy atom. The van der Waals surface area contributed by atoms with Crippen molar-refractivity contribution in [2.24, 2.45) is 17.8 Å². The van der Waals surface area contributed by atoms with Gasteiger partial charge in [-0.1, -0.05) is 24.3 Å². The summed E-state index contributed by atoms with van der Waals surface area (Å²) in [6.45, 7) is 0.540. The van der Waals surface area contributed by atoms with E-state index in [0.29, 0.717) is 17.6 Å². The zero-order valence-corrected chi connectivity index (χ0v) is 18.4. The number of carbonyl (C=O) groups is 1. The van der Waals surface area contributed by atoms with Crippen LogP contribution in [0.25, 0.3) is 11.0 Å². The number of benzene rings is 2. The summed E-state index contributed by atoms with van der Waals surface area (Å²) in [5.41, 5.74) is 2.38. The van der Waals surface area contributed by atoms with Gasteiger partial charge in [-0.3, -0.25) is 4.79 Å². The van der Waals surface area contributed by atoms with Crippen molar-refractivity contribution in [3.05, 3.63) is 59.9 Å². The molecule has 3 aromatic rings. The zero-order valence-electron chi connectivity index (χ0n) is 18.4. The van der Waals surface area contributed by atoms with Gasteiger partial charge in [0.2, 0.25) is 5.82 Å². The Hall–Kier alpha value is -3.02. The van der Waals surface area contributed by atoms with E-state index in [9.17, 15) is 4.79 Å².